The van der Waals surface area contributed by atoms with Gasteiger partial charge in [-0.1, -0.05) is 0 Å². The summed E-state index contributed by atoms with van der Waals surface area (Å²) in [4.78, 5) is 2.40. The van der Waals surface area contributed by atoms with Gasteiger partial charge in [-0.25, -0.2) is 4.39 Å². The summed E-state index contributed by atoms with van der Waals surface area (Å²) in [6.07, 6.45) is 5.70. The third-order valence-electron chi connectivity index (χ3n) is 3.65. The number of rotatable bonds is 2. The van der Waals surface area contributed by atoms with E-state index in [-0.39, 0.29) is 0 Å². The Hall–Kier alpha value is -0.110. The van der Waals surface area contributed by atoms with Gasteiger partial charge in [-0.3, -0.25) is 4.90 Å². The molecule has 0 aromatic carbocycles. The van der Waals surface area contributed by atoms with Crippen LogP contribution in [0.3, 0.4) is 0 Å². The highest BCUT2D eigenvalue weighted by atomic mass is 19.1. The maximum absolute atomic E-state index is 13.4. The number of likely N-dealkylation sites (tertiary alicyclic amines) is 1. The van der Waals surface area contributed by atoms with Crippen LogP contribution in [0.2, 0.25) is 0 Å². The number of piperidine rings is 1. The third-order valence-corrected chi connectivity index (χ3v) is 3.65. The highest BCUT2D eigenvalue weighted by molar-refractivity contribution is 5.04. The Morgan fingerprint density at radius 1 is 1.42 bits per heavy atom. The van der Waals surface area contributed by atoms with E-state index in [1.54, 1.807) is 0 Å². The molecule has 68 valence electrons. The zero-order valence-corrected chi connectivity index (χ0v) is 7.43. The van der Waals surface area contributed by atoms with Crippen molar-refractivity contribution >= 4 is 0 Å². The molecule has 1 heterocycles. The van der Waals surface area contributed by atoms with E-state index < -0.39 is 5.67 Å². The van der Waals surface area contributed by atoms with Crippen molar-refractivity contribution in [2.45, 2.75) is 43.8 Å². The molecule has 0 amide bonds. The quantitative estimate of drug-likeness (QED) is 0.611. The van der Waals surface area contributed by atoms with Crippen LogP contribution in [0.5, 0.6) is 0 Å². The third kappa shape index (κ3) is 1.17. The van der Waals surface area contributed by atoms with E-state index in [0.29, 0.717) is 0 Å². The Kier molecular flexibility index (Phi) is 1.35. The second-order valence-electron chi connectivity index (χ2n) is 4.83. The van der Waals surface area contributed by atoms with Crippen LogP contribution >= 0.6 is 0 Å². The van der Waals surface area contributed by atoms with E-state index in [1.165, 1.54) is 19.3 Å². The predicted octanol–water partition coefficient (Wildman–Crippen LogP) is 1.97. The number of fused-ring (bicyclic) bond motifs is 1. The minimum absolute atomic E-state index is 0.744. The van der Waals surface area contributed by atoms with Crippen LogP contribution in [-0.4, -0.2) is 29.7 Å². The first-order valence-corrected chi connectivity index (χ1v) is 5.20. The molecule has 2 aliphatic carbocycles. The van der Waals surface area contributed by atoms with Gasteiger partial charge in [0.05, 0.1) is 0 Å². The van der Waals surface area contributed by atoms with Gasteiger partial charge >= 0.3 is 0 Å². The molecule has 3 rings (SSSR count). The fraction of sp³-hybridized carbons (Fsp3) is 1.00. The van der Waals surface area contributed by atoms with Crippen LogP contribution in [0.4, 0.5) is 4.39 Å². The molecule has 2 saturated carbocycles. The first-order valence-electron chi connectivity index (χ1n) is 5.20. The average Bonchev–Trinajstić information content (AvgIpc) is 2.87. The smallest absolute Gasteiger partial charge is 0.123 e. The van der Waals surface area contributed by atoms with Gasteiger partial charge in [-0.15, -0.1) is 0 Å². The molecule has 0 spiro atoms. The Balaban J connectivity index is 1.61. The summed E-state index contributed by atoms with van der Waals surface area (Å²) in [6, 6.07) is 0.784. The standard InChI is InChI=1S/C10H16FN/c11-10(3-4-10)7-12-5-1-2-8-6-9(8)12/h8-9H,1-7H2. The van der Waals surface area contributed by atoms with Gasteiger partial charge in [0.2, 0.25) is 0 Å². The highest BCUT2D eigenvalue weighted by Gasteiger charge is 2.50. The molecule has 1 nitrogen and oxygen atoms in total. The molecule has 0 aromatic heterocycles. The SMILES string of the molecule is FC1(CN2CCCC3CC32)CC1. The summed E-state index contributed by atoms with van der Waals surface area (Å²) < 4.78 is 13.4. The molecule has 2 atom stereocenters. The normalized spacial score (nSPS) is 43.8. The first kappa shape index (κ1) is 7.31. The summed E-state index contributed by atoms with van der Waals surface area (Å²) in [5, 5.41) is 0. The molecule has 1 saturated heterocycles. The lowest BCUT2D eigenvalue weighted by molar-refractivity contribution is 0.144. The van der Waals surface area contributed by atoms with Gasteiger partial charge in [0.15, 0.2) is 0 Å². The molecule has 3 fully saturated rings. The van der Waals surface area contributed by atoms with Gasteiger partial charge in [0, 0.05) is 12.6 Å². The Labute approximate surface area is 72.9 Å². The van der Waals surface area contributed by atoms with E-state index in [0.717, 1.165) is 37.9 Å². The summed E-state index contributed by atoms with van der Waals surface area (Å²) in [6.45, 7) is 1.90. The molecular weight excluding hydrogens is 153 g/mol. The van der Waals surface area contributed by atoms with Crippen molar-refractivity contribution in [3.05, 3.63) is 0 Å². The monoisotopic (exact) mass is 169 g/mol. The van der Waals surface area contributed by atoms with Gasteiger partial charge < -0.3 is 0 Å². The second kappa shape index (κ2) is 2.22. The number of halogens is 1. The van der Waals surface area contributed by atoms with Gasteiger partial charge in [-0.2, -0.15) is 0 Å². The van der Waals surface area contributed by atoms with E-state index in [2.05, 4.69) is 4.90 Å². The fourth-order valence-corrected chi connectivity index (χ4v) is 2.57. The Morgan fingerprint density at radius 3 is 3.00 bits per heavy atom. The van der Waals surface area contributed by atoms with E-state index in [9.17, 15) is 4.39 Å². The van der Waals surface area contributed by atoms with E-state index >= 15 is 0 Å². The first-order chi connectivity index (χ1) is 5.77. The van der Waals surface area contributed by atoms with Gasteiger partial charge in [0.25, 0.3) is 0 Å². The lowest BCUT2D eigenvalue weighted by atomic mass is 10.1. The maximum atomic E-state index is 13.4. The van der Waals surface area contributed by atoms with Crippen molar-refractivity contribution < 1.29 is 4.39 Å². The second-order valence-corrected chi connectivity index (χ2v) is 4.83. The largest absolute Gasteiger partial charge is 0.297 e. The molecule has 3 aliphatic rings. The van der Waals surface area contributed by atoms with Crippen LogP contribution in [-0.2, 0) is 0 Å². The number of nitrogens with zero attached hydrogens (tertiary/aromatic N) is 1. The van der Waals surface area contributed by atoms with E-state index in [1.807, 2.05) is 0 Å². The van der Waals surface area contributed by atoms with Crippen molar-refractivity contribution in [3.63, 3.8) is 0 Å². The molecule has 2 heteroatoms. The minimum atomic E-state index is -0.759. The van der Waals surface area contributed by atoms with Crippen molar-refractivity contribution in [1.82, 2.24) is 4.90 Å². The Bertz CT molecular complexity index is 200. The lowest BCUT2D eigenvalue weighted by Crippen LogP contribution is -2.37. The molecule has 12 heavy (non-hydrogen) atoms. The van der Waals surface area contributed by atoms with Gasteiger partial charge in [-0.05, 0) is 44.6 Å². The zero-order valence-electron chi connectivity index (χ0n) is 7.43. The molecule has 0 bridgehead atoms. The number of hydrogen-bond acceptors (Lipinski definition) is 1. The van der Waals surface area contributed by atoms with Crippen molar-refractivity contribution in [1.29, 1.82) is 0 Å². The van der Waals surface area contributed by atoms with Crippen LogP contribution in [0, 0.1) is 5.92 Å². The number of alkyl halides is 1. The summed E-state index contributed by atoms with van der Waals surface area (Å²) in [5.41, 5.74) is -0.759. The summed E-state index contributed by atoms with van der Waals surface area (Å²) in [5.74, 6) is 0.945. The molecule has 0 aromatic rings. The van der Waals surface area contributed by atoms with Crippen LogP contribution in [0.25, 0.3) is 0 Å². The van der Waals surface area contributed by atoms with Crippen molar-refractivity contribution in [2.75, 3.05) is 13.1 Å². The molecule has 0 radical (unpaired) electrons. The van der Waals surface area contributed by atoms with Crippen LogP contribution < -0.4 is 0 Å². The van der Waals surface area contributed by atoms with Crippen LogP contribution in [0.1, 0.15) is 32.1 Å². The topological polar surface area (TPSA) is 3.24 Å². The highest BCUT2D eigenvalue weighted by Crippen LogP contribution is 2.47. The summed E-state index contributed by atoms with van der Waals surface area (Å²) >= 11 is 0. The maximum Gasteiger partial charge on any atom is 0.123 e. The zero-order chi connectivity index (χ0) is 8.18. The summed E-state index contributed by atoms with van der Waals surface area (Å²) in [7, 11) is 0. The van der Waals surface area contributed by atoms with Crippen molar-refractivity contribution in [2.24, 2.45) is 5.92 Å². The molecular formula is C10H16FN. The minimum Gasteiger partial charge on any atom is -0.297 e. The molecule has 1 aliphatic heterocycles. The van der Waals surface area contributed by atoms with Crippen molar-refractivity contribution in [3.8, 4) is 0 Å². The van der Waals surface area contributed by atoms with Gasteiger partial charge in [0.1, 0.15) is 5.67 Å². The average molecular weight is 169 g/mol. The number of hydrogen-bond donors (Lipinski definition) is 0. The van der Waals surface area contributed by atoms with E-state index in [4.69, 9.17) is 0 Å². The fourth-order valence-electron chi connectivity index (χ4n) is 2.57. The lowest BCUT2D eigenvalue weighted by Gasteiger charge is -2.27. The van der Waals surface area contributed by atoms with Crippen LogP contribution in [0.15, 0.2) is 0 Å². The predicted molar refractivity (Wildman–Crippen MR) is 45.8 cm³/mol. The molecule has 2 unspecified atom stereocenters. The molecule has 0 N–H and O–H groups in total. The Morgan fingerprint density at radius 2 is 2.25 bits per heavy atom.